The predicted molar refractivity (Wildman–Crippen MR) is 143 cm³/mol. The number of nitrogens with one attached hydrogen (secondary N) is 2. The molecule has 8 nitrogen and oxygen atoms in total. The van der Waals surface area contributed by atoms with Crippen LogP contribution < -0.4 is 10.6 Å². The second-order valence-electron chi connectivity index (χ2n) is 10.4. The van der Waals surface area contributed by atoms with Gasteiger partial charge in [0.2, 0.25) is 11.8 Å². The third kappa shape index (κ3) is 7.51. The molecule has 2 aliphatic heterocycles. The van der Waals surface area contributed by atoms with E-state index in [1.165, 1.54) is 0 Å². The Balaban J connectivity index is 1.42. The van der Waals surface area contributed by atoms with Crippen LogP contribution in [0.15, 0.2) is 60.7 Å². The lowest BCUT2D eigenvalue weighted by molar-refractivity contribution is -0.144. The number of carboxylic acid groups (broad SMARTS) is 1. The van der Waals surface area contributed by atoms with Crippen LogP contribution in [0.25, 0.3) is 0 Å². The summed E-state index contributed by atoms with van der Waals surface area (Å²) < 4.78 is 0. The number of carbonyl (C=O) groups is 4. The van der Waals surface area contributed by atoms with E-state index < -0.39 is 24.0 Å². The number of rotatable bonds is 12. The van der Waals surface area contributed by atoms with Gasteiger partial charge in [-0.3, -0.25) is 19.2 Å². The number of benzene rings is 2. The zero-order valence-corrected chi connectivity index (χ0v) is 21.7. The van der Waals surface area contributed by atoms with E-state index in [-0.39, 0.29) is 42.9 Å². The molecule has 4 rings (SSSR count). The van der Waals surface area contributed by atoms with Crippen molar-refractivity contribution in [3.8, 4) is 0 Å². The highest BCUT2D eigenvalue weighted by atomic mass is 16.4. The first-order valence-electron chi connectivity index (χ1n) is 13.6. The Hall–Kier alpha value is -3.52. The van der Waals surface area contributed by atoms with Crippen LogP contribution in [-0.4, -0.2) is 64.8 Å². The van der Waals surface area contributed by atoms with Crippen molar-refractivity contribution in [2.75, 3.05) is 13.1 Å². The Morgan fingerprint density at radius 1 is 0.895 bits per heavy atom. The first-order chi connectivity index (χ1) is 18.4. The van der Waals surface area contributed by atoms with Crippen molar-refractivity contribution in [3.05, 3.63) is 71.8 Å². The van der Waals surface area contributed by atoms with Crippen LogP contribution in [0.2, 0.25) is 0 Å². The van der Waals surface area contributed by atoms with E-state index in [0.29, 0.717) is 19.4 Å². The molecule has 0 spiro atoms. The summed E-state index contributed by atoms with van der Waals surface area (Å²) in [5.74, 6) is -2.32. The Morgan fingerprint density at radius 2 is 1.55 bits per heavy atom. The molecule has 0 aliphatic carbocycles. The van der Waals surface area contributed by atoms with Crippen LogP contribution in [-0.2, 0) is 32.0 Å². The fraction of sp³-hybridized carbons (Fsp3) is 0.467. The molecule has 0 aromatic heterocycles. The Morgan fingerprint density at radius 3 is 2.16 bits per heavy atom. The van der Waals surface area contributed by atoms with E-state index in [1.807, 2.05) is 60.7 Å². The molecule has 2 heterocycles. The van der Waals surface area contributed by atoms with Crippen molar-refractivity contribution >= 4 is 23.6 Å². The van der Waals surface area contributed by atoms with Crippen LogP contribution in [0, 0.1) is 5.92 Å². The predicted octanol–water partition coefficient (Wildman–Crippen LogP) is 2.75. The van der Waals surface area contributed by atoms with Crippen molar-refractivity contribution in [3.63, 3.8) is 0 Å². The van der Waals surface area contributed by atoms with Crippen LogP contribution in [0.5, 0.6) is 0 Å². The lowest BCUT2D eigenvalue weighted by Gasteiger charge is -2.28. The fourth-order valence-corrected chi connectivity index (χ4v) is 5.55. The zero-order valence-electron chi connectivity index (χ0n) is 21.7. The minimum atomic E-state index is -1.01. The summed E-state index contributed by atoms with van der Waals surface area (Å²) in [4.78, 5) is 53.1. The summed E-state index contributed by atoms with van der Waals surface area (Å²) >= 11 is 0. The zero-order chi connectivity index (χ0) is 26.9. The van der Waals surface area contributed by atoms with Crippen LogP contribution in [0.4, 0.5) is 0 Å². The molecule has 4 atom stereocenters. The minimum absolute atomic E-state index is 0.0268. The van der Waals surface area contributed by atoms with Gasteiger partial charge < -0.3 is 20.6 Å². The quantitative estimate of drug-likeness (QED) is 0.397. The maximum atomic E-state index is 13.4. The molecule has 202 valence electrons. The second kappa shape index (κ2) is 13.3. The van der Waals surface area contributed by atoms with Crippen molar-refractivity contribution in [1.29, 1.82) is 0 Å². The summed E-state index contributed by atoms with van der Waals surface area (Å²) in [6.45, 7) is 1.36. The maximum absolute atomic E-state index is 13.4. The van der Waals surface area contributed by atoms with Gasteiger partial charge in [-0.05, 0) is 56.2 Å². The summed E-state index contributed by atoms with van der Waals surface area (Å²) in [5, 5.41) is 16.0. The Kier molecular flexibility index (Phi) is 9.65. The molecule has 2 fully saturated rings. The minimum Gasteiger partial charge on any atom is -0.481 e. The molecular weight excluding hydrogens is 482 g/mol. The molecule has 2 saturated heterocycles. The number of aliphatic carboxylic acids is 1. The van der Waals surface area contributed by atoms with E-state index in [9.17, 15) is 24.3 Å². The van der Waals surface area contributed by atoms with Crippen molar-refractivity contribution in [2.24, 2.45) is 5.92 Å². The monoisotopic (exact) mass is 519 g/mol. The van der Waals surface area contributed by atoms with Crippen molar-refractivity contribution in [2.45, 2.75) is 69.5 Å². The molecule has 0 radical (unpaired) electrons. The van der Waals surface area contributed by atoms with Gasteiger partial charge in [0.05, 0.1) is 12.0 Å². The smallest absolute Gasteiger partial charge is 0.307 e. The average molecular weight is 520 g/mol. The molecule has 38 heavy (non-hydrogen) atoms. The topological polar surface area (TPSA) is 116 Å². The van der Waals surface area contributed by atoms with Crippen molar-refractivity contribution in [1.82, 2.24) is 15.5 Å². The number of Topliss-reactive ketones (excluding diaryl/α,β-unsaturated/α-hetero) is 1. The van der Waals surface area contributed by atoms with Crippen molar-refractivity contribution < 1.29 is 24.3 Å². The van der Waals surface area contributed by atoms with E-state index in [2.05, 4.69) is 10.6 Å². The number of amides is 2. The highest BCUT2D eigenvalue weighted by Gasteiger charge is 2.38. The standard InChI is InChI=1S/C30H37N3O5/c34-25(19-23(30(37)38)17-21-9-3-1-4-10-21)20-24(18-22-11-5-2-6-12-22)32-28(35)27-14-8-16-33(27)29(36)26-13-7-15-31-26/h1-6,9-12,23-24,26-27,31H,7-8,13-20H2,(H,32,35)(H,37,38)/t23-,24+,26-,27-/m1/s1. The summed E-state index contributed by atoms with van der Waals surface area (Å²) in [6, 6.07) is 17.6. The number of ketones is 1. The van der Waals surface area contributed by atoms with Gasteiger partial charge in [0.1, 0.15) is 11.8 Å². The van der Waals surface area contributed by atoms with Gasteiger partial charge in [0.25, 0.3) is 0 Å². The summed E-state index contributed by atoms with van der Waals surface area (Å²) in [7, 11) is 0. The van der Waals surface area contributed by atoms with Crippen LogP contribution in [0.1, 0.15) is 49.7 Å². The molecular formula is C30H37N3O5. The summed E-state index contributed by atoms with van der Waals surface area (Å²) in [5.41, 5.74) is 1.84. The Bertz CT molecular complexity index is 1100. The van der Waals surface area contributed by atoms with Gasteiger partial charge in [-0.15, -0.1) is 0 Å². The maximum Gasteiger partial charge on any atom is 0.307 e. The third-order valence-corrected chi connectivity index (χ3v) is 7.49. The van der Waals surface area contributed by atoms with E-state index >= 15 is 0 Å². The molecule has 2 amide bonds. The second-order valence-corrected chi connectivity index (χ2v) is 10.4. The normalized spacial score (nSPS) is 20.6. The molecule has 0 saturated carbocycles. The van der Waals surface area contributed by atoms with E-state index in [0.717, 1.165) is 36.9 Å². The molecule has 0 bridgehead atoms. The van der Waals surface area contributed by atoms with Crippen LogP contribution >= 0.6 is 0 Å². The first-order valence-corrected chi connectivity index (χ1v) is 13.6. The molecule has 8 heteroatoms. The molecule has 2 aromatic carbocycles. The molecule has 2 aliphatic rings. The first kappa shape index (κ1) is 27.5. The lowest BCUT2D eigenvalue weighted by Crippen LogP contribution is -2.53. The highest BCUT2D eigenvalue weighted by Crippen LogP contribution is 2.22. The molecule has 0 unspecified atom stereocenters. The number of hydrogen-bond donors (Lipinski definition) is 3. The third-order valence-electron chi connectivity index (χ3n) is 7.49. The number of carboxylic acids is 1. The van der Waals surface area contributed by atoms with Crippen LogP contribution in [0.3, 0.4) is 0 Å². The van der Waals surface area contributed by atoms with Gasteiger partial charge in [-0.25, -0.2) is 0 Å². The lowest BCUT2D eigenvalue weighted by atomic mass is 9.91. The molecule has 3 N–H and O–H groups in total. The fourth-order valence-electron chi connectivity index (χ4n) is 5.55. The highest BCUT2D eigenvalue weighted by molar-refractivity contribution is 5.91. The number of likely N-dealkylation sites (tertiary alicyclic amines) is 1. The number of carbonyl (C=O) groups excluding carboxylic acids is 3. The van der Waals surface area contributed by atoms with Gasteiger partial charge in [-0.2, -0.15) is 0 Å². The SMILES string of the molecule is O=C(C[C@H](Cc1ccccc1)NC(=O)[C@H]1CCCN1C(=O)[C@H]1CCCN1)C[C@@H](Cc1ccccc1)C(=O)O. The summed E-state index contributed by atoms with van der Waals surface area (Å²) in [6.07, 6.45) is 3.72. The molecule has 2 aromatic rings. The van der Waals surface area contributed by atoms with E-state index in [4.69, 9.17) is 0 Å². The number of hydrogen-bond acceptors (Lipinski definition) is 5. The Labute approximate surface area is 223 Å². The van der Waals surface area contributed by atoms with Gasteiger partial charge >= 0.3 is 5.97 Å². The number of nitrogens with zero attached hydrogens (tertiary/aromatic N) is 1. The van der Waals surface area contributed by atoms with Gasteiger partial charge in [0, 0.05) is 25.4 Å². The van der Waals surface area contributed by atoms with E-state index in [1.54, 1.807) is 4.90 Å². The van der Waals surface area contributed by atoms with Gasteiger partial charge in [0.15, 0.2) is 0 Å². The largest absolute Gasteiger partial charge is 0.481 e. The average Bonchev–Trinajstić information content (AvgIpc) is 3.62. The van der Waals surface area contributed by atoms with Gasteiger partial charge in [-0.1, -0.05) is 60.7 Å².